The van der Waals surface area contributed by atoms with Crippen LogP contribution in [0.4, 0.5) is 0 Å². The average molecular weight is 495 g/mol. The van der Waals surface area contributed by atoms with Crippen LogP contribution >= 0.6 is 39.9 Å². The van der Waals surface area contributed by atoms with E-state index in [9.17, 15) is 4.79 Å². The molecule has 1 aliphatic rings. The molecule has 0 atom stereocenters. The minimum absolute atomic E-state index is 0. The number of likely N-dealkylation sites (tertiary alicyclic amines) is 1. The van der Waals surface area contributed by atoms with Crippen molar-refractivity contribution in [1.82, 2.24) is 10.2 Å². The molecule has 23 heavy (non-hydrogen) atoms. The normalized spacial score (nSPS) is 15.0. The summed E-state index contributed by atoms with van der Waals surface area (Å²) in [6, 6.07) is 7.31. The van der Waals surface area contributed by atoms with Gasteiger partial charge in [-0.3, -0.25) is 9.79 Å². The molecule has 0 bridgehead atoms. The van der Waals surface area contributed by atoms with E-state index < -0.39 is 0 Å². The van der Waals surface area contributed by atoms with E-state index in [1.54, 1.807) is 12.1 Å². The fourth-order valence-electron chi connectivity index (χ4n) is 2.40. The Balaban J connectivity index is 0.00000264. The van der Waals surface area contributed by atoms with Gasteiger partial charge in [0.05, 0.1) is 0 Å². The largest absolute Gasteiger partial charge is 0.370 e. The van der Waals surface area contributed by atoms with Gasteiger partial charge in [0.15, 0.2) is 5.96 Å². The van der Waals surface area contributed by atoms with Gasteiger partial charge >= 0.3 is 0 Å². The number of benzene rings is 1. The highest BCUT2D eigenvalue weighted by atomic mass is 127. The van der Waals surface area contributed by atoms with Crippen molar-refractivity contribution in [2.75, 3.05) is 26.2 Å². The second-order valence-electron chi connectivity index (χ2n) is 5.40. The molecular formula is C16H24BrIN4O. The Labute approximate surface area is 163 Å². The number of guanidine groups is 1. The predicted octanol–water partition coefficient (Wildman–Crippen LogP) is 2.99. The van der Waals surface area contributed by atoms with Crippen LogP contribution in [0.25, 0.3) is 0 Å². The lowest BCUT2D eigenvalue weighted by Crippen LogP contribution is -2.41. The summed E-state index contributed by atoms with van der Waals surface area (Å²) in [7, 11) is 0. The quantitative estimate of drug-likeness (QED) is 0.286. The number of carbonyl (C=O) groups is 1. The summed E-state index contributed by atoms with van der Waals surface area (Å²) in [4.78, 5) is 18.4. The van der Waals surface area contributed by atoms with Crippen molar-refractivity contribution < 1.29 is 4.79 Å². The molecule has 0 saturated carbocycles. The summed E-state index contributed by atoms with van der Waals surface area (Å²) in [5, 5.41) is 2.89. The molecule has 0 radical (unpaired) electrons. The summed E-state index contributed by atoms with van der Waals surface area (Å²) < 4.78 is 0.964. The van der Waals surface area contributed by atoms with Gasteiger partial charge in [-0.2, -0.15) is 0 Å². The van der Waals surface area contributed by atoms with Crippen LogP contribution in [0.5, 0.6) is 0 Å². The minimum atomic E-state index is -0.0551. The summed E-state index contributed by atoms with van der Waals surface area (Å²) >= 11 is 3.35. The average Bonchev–Trinajstić information content (AvgIpc) is 2.55. The molecule has 2 rings (SSSR count). The number of aliphatic imine (C=N–C) groups is 1. The Morgan fingerprint density at radius 1 is 1.22 bits per heavy atom. The fourth-order valence-corrected chi connectivity index (χ4v) is 2.67. The van der Waals surface area contributed by atoms with Gasteiger partial charge in [-0.25, -0.2) is 0 Å². The summed E-state index contributed by atoms with van der Waals surface area (Å²) in [6.45, 7) is 3.26. The Hall–Kier alpha value is -0.830. The molecule has 7 heteroatoms. The first-order valence-corrected chi connectivity index (χ1v) is 8.55. The second kappa shape index (κ2) is 10.9. The molecule has 128 valence electrons. The highest BCUT2D eigenvalue weighted by molar-refractivity contribution is 14.0. The summed E-state index contributed by atoms with van der Waals surface area (Å²) in [5.41, 5.74) is 6.65. The van der Waals surface area contributed by atoms with E-state index in [1.807, 2.05) is 12.1 Å². The third-order valence-corrected chi connectivity index (χ3v) is 4.21. The van der Waals surface area contributed by atoms with E-state index >= 15 is 0 Å². The molecule has 1 saturated heterocycles. The summed E-state index contributed by atoms with van der Waals surface area (Å²) in [6.07, 6.45) is 4.46. The van der Waals surface area contributed by atoms with E-state index in [1.165, 1.54) is 19.3 Å². The van der Waals surface area contributed by atoms with E-state index in [0.717, 1.165) is 24.0 Å². The first kappa shape index (κ1) is 20.2. The number of nitrogens with zero attached hydrogens (tertiary/aromatic N) is 2. The minimum Gasteiger partial charge on any atom is -0.370 e. The predicted molar refractivity (Wildman–Crippen MR) is 108 cm³/mol. The molecule has 0 unspecified atom stereocenters. The van der Waals surface area contributed by atoms with Gasteiger partial charge in [-0.15, -0.1) is 24.0 Å². The number of halogens is 2. The summed E-state index contributed by atoms with van der Waals surface area (Å²) in [5.74, 6) is 0.583. The van der Waals surface area contributed by atoms with Gasteiger partial charge in [-0.05, 0) is 49.9 Å². The molecule has 0 aromatic heterocycles. The van der Waals surface area contributed by atoms with E-state index in [-0.39, 0.29) is 29.9 Å². The van der Waals surface area contributed by atoms with E-state index in [2.05, 4.69) is 31.1 Å². The maximum Gasteiger partial charge on any atom is 0.251 e. The molecule has 1 aromatic rings. The van der Waals surface area contributed by atoms with Crippen LogP contribution in [-0.2, 0) is 0 Å². The van der Waals surface area contributed by atoms with Crippen LogP contribution in [0.1, 0.15) is 36.0 Å². The number of nitrogens with one attached hydrogen (secondary N) is 1. The van der Waals surface area contributed by atoms with Gasteiger partial charge in [0, 0.05) is 36.2 Å². The zero-order valence-electron chi connectivity index (χ0n) is 13.1. The zero-order valence-corrected chi connectivity index (χ0v) is 17.0. The third kappa shape index (κ3) is 7.07. The molecule has 1 aliphatic heterocycles. The molecule has 0 spiro atoms. The van der Waals surface area contributed by atoms with E-state index in [4.69, 9.17) is 5.73 Å². The number of piperidine rings is 1. The molecule has 5 nitrogen and oxygen atoms in total. The molecule has 0 aliphatic carbocycles. The number of hydrogen-bond donors (Lipinski definition) is 2. The van der Waals surface area contributed by atoms with Crippen molar-refractivity contribution in [3.05, 3.63) is 34.3 Å². The first-order valence-electron chi connectivity index (χ1n) is 7.75. The van der Waals surface area contributed by atoms with Crippen LogP contribution < -0.4 is 11.1 Å². The number of rotatable bonds is 5. The molecule has 1 aromatic carbocycles. The first-order chi connectivity index (χ1) is 10.7. The smallest absolute Gasteiger partial charge is 0.251 e. The van der Waals surface area contributed by atoms with Crippen molar-refractivity contribution in [1.29, 1.82) is 0 Å². The van der Waals surface area contributed by atoms with Gasteiger partial charge in [-0.1, -0.05) is 15.9 Å². The second-order valence-corrected chi connectivity index (χ2v) is 6.32. The van der Waals surface area contributed by atoms with Crippen molar-refractivity contribution in [3.8, 4) is 0 Å². The number of carbonyl (C=O) groups excluding carboxylic acids is 1. The maximum atomic E-state index is 11.9. The van der Waals surface area contributed by atoms with Crippen LogP contribution in [0, 0.1) is 0 Å². The Bertz CT molecular complexity index is 515. The number of amides is 1. The monoisotopic (exact) mass is 494 g/mol. The zero-order chi connectivity index (χ0) is 15.8. The molecule has 1 heterocycles. The van der Waals surface area contributed by atoms with Crippen LogP contribution in [-0.4, -0.2) is 42.9 Å². The van der Waals surface area contributed by atoms with Crippen LogP contribution in [0.2, 0.25) is 0 Å². The lowest BCUT2D eigenvalue weighted by molar-refractivity contribution is 0.0953. The standard InChI is InChI=1S/C16H23BrN4O.HI/c17-14-7-5-13(6-8-14)15(22)19-9-4-10-20-16(18)21-11-2-1-3-12-21;/h5-8H,1-4,9-12H2,(H2,18,20)(H,19,22);1H. The third-order valence-electron chi connectivity index (χ3n) is 3.68. The van der Waals surface area contributed by atoms with Crippen LogP contribution in [0.15, 0.2) is 33.7 Å². The van der Waals surface area contributed by atoms with Crippen molar-refractivity contribution in [2.24, 2.45) is 10.7 Å². The van der Waals surface area contributed by atoms with Gasteiger partial charge in [0.2, 0.25) is 0 Å². The van der Waals surface area contributed by atoms with E-state index in [0.29, 0.717) is 24.6 Å². The SMILES string of the molecule is I.NC(=NCCCNC(=O)c1ccc(Br)cc1)N1CCCCC1. The van der Waals surface area contributed by atoms with Gasteiger partial charge in [0.1, 0.15) is 0 Å². The highest BCUT2D eigenvalue weighted by Gasteiger charge is 2.11. The topological polar surface area (TPSA) is 70.7 Å². The fraction of sp³-hybridized carbons (Fsp3) is 0.500. The molecule has 1 amide bonds. The van der Waals surface area contributed by atoms with Crippen molar-refractivity contribution >= 4 is 51.8 Å². The number of nitrogens with two attached hydrogens (primary N) is 1. The Morgan fingerprint density at radius 3 is 2.52 bits per heavy atom. The maximum absolute atomic E-state index is 11.9. The van der Waals surface area contributed by atoms with Crippen LogP contribution in [0.3, 0.4) is 0 Å². The lowest BCUT2D eigenvalue weighted by atomic mass is 10.1. The molecule has 1 fully saturated rings. The lowest BCUT2D eigenvalue weighted by Gasteiger charge is -2.27. The Morgan fingerprint density at radius 2 is 1.87 bits per heavy atom. The van der Waals surface area contributed by atoms with Gasteiger partial charge < -0.3 is 16.0 Å². The van der Waals surface area contributed by atoms with Crippen molar-refractivity contribution in [2.45, 2.75) is 25.7 Å². The number of hydrogen-bond acceptors (Lipinski definition) is 2. The van der Waals surface area contributed by atoms with Gasteiger partial charge in [0.25, 0.3) is 5.91 Å². The Kier molecular flexibility index (Phi) is 9.54. The van der Waals surface area contributed by atoms with Crippen molar-refractivity contribution in [3.63, 3.8) is 0 Å². The highest BCUT2D eigenvalue weighted by Crippen LogP contribution is 2.10. The molecule has 3 N–H and O–H groups in total. The molecular weight excluding hydrogens is 471 g/mol.